The van der Waals surface area contributed by atoms with Crippen LogP contribution in [0.1, 0.15) is 12.5 Å². The first-order valence-electron chi connectivity index (χ1n) is 8.38. The molecular weight excluding hydrogens is 333 g/mol. The number of pyridine rings is 1. The van der Waals surface area contributed by atoms with Crippen molar-refractivity contribution in [2.75, 3.05) is 6.54 Å². The molecule has 6 heteroatoms. The van der Waals surface area contributed by atoms with Gasteiger partial charge in [0.1, 0.15) is 5.82 Å². The van der Waals surface area contributed by atoms with E-state index in [0.717, 1.165) is 10.9 Å². The number of benzene rings is 2. The summed E-state index contributed by atoms with van der Waals surface area (Å²) in [5.74, 6) is -0.219. The third kappa shape index (κ3) is 3.91. The molecule has 1 aromatic heterocycles. The Morgan fingerprint density at radius 3 is 2.77 bits per heavy atom. The summed E-state index contributed by atoms with van der Waals surface area (Å²) in [6.07, 6.45) is 0.516. The number of hydrogen-bond donors (Lipinski definition) is 3. The van der Waals surface area contributed by atoms with Crippen LogP contribution in [0.5, 0.6) is 0 Å². The van der Waals surface area contributed by atoms with Crippen molar-refractivity contribution in [1.29, 1.82) is 0 Å². The van der Waals surface area contributed by atoms with Gasteiger partial charge in [-0.3, -0.25) is 4.79 Å². The van der Waals surface area contributed by atoms with Crippen LogP contribution in [0.15, 0.2) is 53.3 Å². The lowest BCUT2D eigenvalue weighted by molar-refractivity contribution is 0.247. The highest BCUT2D eigenvalue weighted by Crippen LogP contribution is 2.24. The second-order valence-electron chi connectivity index (χ2n) is 6.46. The molecule has 1 heterocycles. The number of hydrogen-bond acceptors (Lipinski definition) is 2. The van der Waals surface area contributed by atoms with Crippen LogP contribution in [0.4, 0.5) is 9.18 Å². The molecule has 5 nitrogen and oxygen atoms in total. The Bertz CT molecular complexity index is 1010. The summed E-state index contributed by atoms with van der Waals surface area (Å²) in [7, 11) is 0. The van der Waals surface area contributed by atoms with Gasteiger partial charge in [-0.15, -0.1) is 0 Å². The van der Waals surface area contributed by atoms with Crippen molar-refractivity contribution in [3.05, 3.63) is 70.3 Å². The van der Waals surface area contributed by atoms with Crippen LogP contribution < -0.4 is 16.6 Å². The number of nitrogens with one attached hydrogen (secondary N) is 2. The van der Waals surface area contributed by atoms with Gasteiger partial charge in [0.25, 0.3) is 5.56 Å². The fourth-order valence-electron chi connectivity index (χ4n) is 2.96. The molecule has 0 saturated carbocycles. The molecule has 26 heavy (non-hydrogen) atoms. The molecule has 4 N–H and O–H groups in total. The number of nitrogens with two attached hydrogens (primary N) is 1. The van der Waals surface area contributed by atoms with Gasteiger partial charge in [0.2, 0.25) is 0 Å². The van der Waals surface area contributed by atoms with Crippen LogP contribution in [-0.2, 0) is 6.42 Å². The number of fused-ring (bicyclic) bond motifs is 1. The molecular formula is C20H20FN3O2. The van der Waals surface area contributed by atoms with Crippen molar-refractivity contribution in [2.45, 2.75) is 13.3 Å². The molecule has 0 aliphatic rings. The zero-order valence-corrected chi connectivity index (χ0v) is 14.4. The number of halogens is 1. The van der Waals surface area contributed by atoms with E-state index < -0.39 is 6.03 Å². The number of aromatic nitrogens is 1. The minimum Gasteiger partial charge on any atom is -0.352 e. The molecule has 0 fully saturated rings. The van der Waals surface area contributed by atoms with E-state index >= 15 is 0 Å². The summed E-state index contributed by atoms with van der Waals surface area (Å²) in [5.41, 5.74) is 6.86. The van der Waals surface area contributed by atoms with Crippen LogP contribution in [0.2, 0.25) is 0 Å². The average molecular weight is 353 g/mol. The SMILES string of the molecule is CC(CNC(N)=O)Cc1ccc(-c2ccc3cccc(F)c3c2)[nH]c1=O. The second-order valence-corrected chi connectivity index (χ2v) is 6.46. The number of carbonyl (C=O) groups is 1. The molecule has 2 aromatic carbocycles. The number of amides is 2. The number of urea groups is 1. The average Bonchev–Trinajstić information content (AvgIpc) is 2.62. The van der Waals surface area contributed by atoms with Crippen molar-refractivity contribution in [2.24, 2.45) is 11.7 Å². The quantitative estimate of drug-likeness (QED) is 0.658. The minimum atomic E-state index is -0.579. The maximum absolute atomic E-state index is 14.0. The Kier molecular flexibility index (Phi) is 5.02. The number of H-pyrrole nitrogens is 1. The van der Waals surface area contributed by atoms with E-state index in [4.69, 9.17) is 5.73 Å². The van der Waals surface area contributed by atoms with Gasteiger partial charge in [0, 0.05) is 23.2 Å². The first kappa shape index (κ1) is 17.7. The summed E-state index contributed by atoms with van der Waals surface area (Å²) < 4.78 is 14.0. The van der Waals surface area contributed by atoms with Crippen molar-refractivity contribution in [3.63, 3.8) is 0 Å². The fraction of sp³-hybridized carbons (Fsp3) is 0.200. The van der Waals surface area contributed by atoms with Crippen LogP contribution in [0.25, 0.3) is 22.0 Å². The van der Waals surface area contributed by atoms with Crippen molar-refractivity contribution in [1.82, 2.24) is 10.3 Å². The maximum atomic E-state index is 14.0. The maximum Gasteiger partial charge on any atom is 0.312 e. The first-order chi connectivity index (χ1) is 12.4. The molecule has 0 spiro atoms. The first-order valence-corrected chi connectivity index (χ1v) is 8.38. The number of rotatable bonds is 5. The smallest absolute Gasteiger partial charge is 0.312 e. The predicted molar refractivity (Wildman–Crippen MR) is 100 cm³/mol. The van der Waals surface area contributed by atoms with Crippen LogP contribution in [0, 0.1) is 11.7 Å². The van der Waals surface area contributed by atoms with E-state index in [1.165, 1.54) is 6.07 Å². The van der Waals surface area contributed by atoms with Crippen molar-refractivity contribution < 1.29 is 9.18 Å². The molecule has 3 aromatic rings. The highest BCUT2D eigenvalue weighted by atomic mass is 19.1. The molecule has 0 radical (unpaired) electrons. The van der Waals surface area contributed by atoms with Gasteiger partial charge >= 0.3 is 6.03 Å². The topological polar surface area (TPSA) is 88.0 Å². The highest BCUT2D eigenvalue weighted by molar-refractivity contribution is 5.87. The summed E-state index contributed by atoms with van der Waals surface area (Å²) in [4.78, 5) is 26.0. The number of primary amides is 1. The van der Waals surface area contributed by atoms with Crippen LogP contribution in [-0.4, -0.2) is 17.6 Å². The summed E-state index contributed by atoms with van der Waals surface area (Å²) >= 11 is 0. The zero-order chi connectivity index (χ0) is 18.7. The van der Waals surface area contributed by atoms with Gasteiger partial charge in [-0.05, 0) is 41.5 Å². The van der Waals surface area contributed by atoms with Gasteiger partial charge < -0.3 is 16.0 Å². The summed E-state index contributed by atoms with van der Waals surface area (Å²) in [6, 6.07) is 13.3. The standard InChI is InChI=1S/C20H20FN3O2/c1-12(11-23-20(22)26)9-15-7-8-18(24-19(15)25)14-6-5-13-3-2-4-17(21)16(13)10-14/h2-8,10,12H,9,11H2,1H3,(H,24,25)(H3,22,23,26). The van der Waals surface area contributed by atoms with E-state index in [-0.39, 0.29) is 17.3 Å². The Morgan fingerprint density at radius 2 is 2.04 bits per heavy atom. The van der Waals surface area contributed by atoms with Gasteiger partial charge in [-0.25, -0.2) is 9.18 Å². The van der Waals surface area contributed by atoms with Gasteiger partial charge in [0.05, 0.1) is 0 Å². The molecule has 134 valence electrons. The lowest BCUT2D eigenvalue weighted by atomic mass is 10.0. The third-order valence-electron chi connectivity index (χ3n) is 4.32. The summed E-state index contributed by atoms with van der Waals surface area (Å²) in [6.45, 7) is 2.33. The number of carbonyl (C=O) groups excluding carboxylic acids is 1. The Morgan fingerprint density at radius 1 is 1.23 bits per heavy atom. The van der Waals surface area contributed by atoms with Gasteiger partial charge in [-0.1, -0.05) is 37.3 Å². The monoisotopic (exact) mass is 353 g/mol. The van der Waals surface area contributed by atoms with E-state index in [1.54, 1.807) is 18.2 Å². The minimum absolute atomic E-state index is 0.0733. The molecule has 0 saturated heterocycles. The van der Waals surface area contributed by atoms with Gasteiger partial charge in [0.15, 0.2) is 0 Å². The van der Waals surface area contributed by atoms with E-state index in [1.807, 2.05) is 31.2 Å². The normalized spacial score (nSPS) is 12.1. The molecule has 2 amide bonds. The van der Waals surface area contributed by atoms with Crippen LogP contribution in [0.3, 0.4) is 0 Å². The Hall–Kier alpha value is -3.15. The Labute approximate surface area is 150 Å². The summed E-state index contributed by atoms with van der Waals surface area (Å²) in [5, 5.41) is 3.86. The van der Waals surface area contributed by atoms with Crippen LogP contribution >= 0.6 is 0 Å². The molecule has 1 atom stereocenters. The predicted octanol–water partition coefficient (Wildman–Crippen LogP) is 3.18. The van der Waals surface area contributed by atoms with Gasteiger partial charge in [-0.2, -0.15) is 0 Å². The van der Waals surface area contributed by atoms with E-state index in [9.17, 15) is 14.0 Å². The van der Waals surface area contributed by atoms with Crippen molar-refractivity contribution in [3.8, 4) is 11.3 Å². The highest BCUT2D eigenvalue weighted by Gasteiger charge is 2.10. The lowest BCUT2D eigenvalue weighted by Crippen LogP contribution is -2.34. The fourth-order valence-corrected chi connectivity index (χ4v) is 2.96. The second kappa shape index (κ2) is 7.39. The molecule has 3 rings (SSSR count). The molecule has 1 unspecified atom stereocenters. The van der Waals surface area contributed by atoms with Crippen molar-refractivity contribution >= 4 is 16.8 Å². The largest absolute Gasteiger partial charge is 0.352 e. The Balaban J connectivity index is 1.84. The molecule has 0 aliphatic carbocycles. The lowest BCUT2D eigenvalue weighted by Gasteiger charge is -2.12. The third-order valence-corrected chi connectivity index (χ3v) is 4.32. The van der Waals surface area contributed by atoms with E-state index in [0.29, 0.717) is 29.6 Å². The molecule has 0 aliphatic heterocycles. The zero-order valence-electron chi connectivity index (χ0n) is 14.4. The van der Waals surface area contributed by atoms with E-state index in [2.05, 4.69) is 10.3 Å². The molecule has 0 bridgehead atoms. The number of aromatic amines is 1.